The van der Waals surface area contributed by atoms with Crippen molar-refractivity contribution in [2.24, 2.45) is 0 Å². The Kier molecular flexibility index (Phi) is 4.18. The Bertz CT molecular complexity index is 273. The Balaban J connectivity index is 2.42. The molecular formula is C9H9F3IN. The topological polar surface area (TPSA) is 3.24 Å². The fraction of sp³-hybridized carbons (Fsp3) is 0.333. The predicted molar refractivity (Wildman–Crippen MR) is 56.9 cm³/mol. The number of hydrogen-bond donors (Lipinski definition) is 0. The minimum Gasteiger partial charge on any atom is -0.155 e. The molecule has 0 radical (unpaired) electrons. The molecule has 1 rings (SSSR count). The van der Waals surface area contributed by atoms with Crippen LogP contribution in [0, 0.1) is 0 Å². The van der Waals surface area contributed by atoms with E-state index in [0.29, 0.717) is 9.53 Å². The second-order valence-corrected chi connectivity index (χ2v) is 3.95. The van der Waals surface area contributed by atoms with Crippen molar-refractivity contribution in [1.82, 2.24) is 3.11 Å². The summed E-state index contributed by atoms with van der Waals surface area (Å²) >= 11 is 1.28. The van der Waals surface area contributed by atoms with E-state index in [2.05, 4.69) is 0 Å². The summed E-state index contributed by atoms with van der Waals surface area (Å²) in [5.74, 6) is 0. The molecule has 0 heterocycles. The third-order valence-electron chi connectivity index (χ3n) is 1.71. The summed E-state index contributed by atoms with van der Waals surface area (Å²) in [5, 5.41) is 0. The largest absolute Gasteiger partial charge is 0.468 e. The molecule has 5 heteroatoms. The van der Waals surface area contributed by atoms with Crippen LogP contribution in [0.3, 0.4) is 0 Å². The average Bonchev–Trinajstić information content (AvgIpc) is 2.14. The van der Waals surface area contributed by atoms with Crippen LogP contribution in [-0.2, 0) is 6.42 Å². The molecule has 14 heavy (non-hydrogen) atoms. The molecule has 78 valence electrons. The highest BCUT2D eigenvalue weighted by Crippen LogP contribution is 2.25. The van der Waals surface area contributed by atoms with E-state index in [9.17, 15) is 13.2 Å². The van der Waals surface area contributed by atoms with Gasteiger partial charge >= 0.3 is 6.30 Å². The van der Waals surface area contributed by atoms with Crippen molar-refractivity contribution in [3.05, 3.63) is 35.9 Å². The van der Waals surface area contributed by atoms with Crippen molar-refractivity contribution in [1.29, 1.82) is 0 Å². The molecule has 0 saturated heterocycles. The van der Waals surface area contributed by atoms with E-state index in [4.69, 9.17) is 0 Å². The Hall–Kier alpha value is -0.300. The number of benzene rings is 1. The summed E-state index contributed by atoms with van der Waals surface area (Å²) in [6.45, 7) is -0.0198. The zero-order chi connectivity index (χ0) is 10.6. The lowest BCUT2D eigenvalue weighted by atomic mass is 10.1. The summed E-state index contributed by atoms with van der Waals surface area (Å²) in [7, 11) is 0. The van der Waals surface area contributed by atoms with Crippen LogP contribution in [-0.4, -0.2) is 16.0 Å². The van der Waals surface area contributed by atoms with Gasteiger partial charge in [-0.25, -0.2) is 0 Å². The van der Waals surface area contributed by atoms with Crippen LogP contribution in [0.15, 0.2) is 30.3 Å². The zero-order valence-corrected chi connectivity index (χ0v) is 9.42. The maximum absolute atomic E-state index is 12.1. The van der Waals surface area contributed by atoms with Gasteiger partial charge in [0.2, 0.25) is 0 Å². The first-order chi connectivity index (χ1) is 6.50. The summed E-state index contributed by atoms with van der Waals surface area (Å²) in [6, 6.07) is 9.12. The molecule has 0 N–H and O–H groups in total. The van der Waals surface area contributed by atoms with Crippen molar-refractivity contribution in [3.8, 4) is 0 Å². The molecule has 0 aliphatic carbocycles. The second kappa shape index (κ2) is 4.97. The van der Waals surface area contributed by atoms with Gasteiger partial charge in [-0.2, -0.15) is 16.3 Å². The normalized spacial score (nSPS) is 12.1. The molecule has 1 nitrogen and oxygen atoms in total. The lowest BCUT2D eigenvalue weighted by Gasteiger charge is -2.17. The van der Waals surface area contributed by atoms with Crippen LogP contribution < -0.4 is 0 Å². The van der Waals surface area contributed by atoms with E-state index < -0.39 is 6.30 Å². The third-order valence-corrected chi connectivity index (χ3v) is 2.74. The van der Waals surface area contributed by atoms with Gasteiger partial charge in [-0.1, -0.05) is 30.3 Å². The van der Waals surface area contributed by atoms with E-state index in [-0.39, 0.29) is 6.54 Å². The SMILES string of the molecule is FC(F)(F)N(I)CCc1ccccc1. The first-order valence-electron chi connectivity index (χ1n) is 4.04. The highest BCUT2D eigenvalue weighted by atomic mass is 127. The van der Waals surface area contributed by atoms with Crippen molar-refractivity contribution >= 4 is 22.9 Å². The molecule has 0 unspecified atom stereocenters. The van der Waals surface area contributed by atoms with Crippen LogP contribution in [0.1, 0.15) is 5.56 Å². The molecule has 0 bridgehead atoms. The minimum atomic E-state index is -4.24. The van der Waals surface area contributed by atoms with Gasteiger partial charge in [-0.05, 0) is 12.0 Å². The maximum atomic E-state index is 12.1. The Morgan fingerprint density at radius 2 is 1.71 bits per heavy atom. The smallest absolute Gasteiger partial charge is 0.155 e. The molecule has 1 aromatic carbocycles. The van der Waals surface area contributed by atoms with E-state index in [1.54, 1.807) is 0 Å². The summed E-state index contributed by atoms with van der Waals surface area (Å²) in [6.07, 6.45) is -3.83. The number of alkyl halides is 3. The van der Waals surface area contributed by atoms with Gasteiger partial charge < -0.3 is 0 Å². The summed E-state index contributed by atoms with van der Waals surface area (Å²) < 4.78 is 36.6. The minimum absolute atomic E-state index is 0.0198. The lowest BCUT2D eigenvalue weighted by molar-refractivity contribution is -0.197. The predicted octanol–water partition coefficient (Wildman–Crippen LogP) is 3.40. The molecule has 0 atom stereocenters. The van der Waals surface area contributed by atoms with Gasteiger partial charge in [-0.15, -0.1) is 0 Å². The number of hydrogen-bond acceptors (Lipinski definition) is 1. The van der Waals surface area contributed by atoms with Crippen LogP contribution in [0.5, 0.6) is 0 Å². The fourth-order valence-electron chi connectivity index (χ4n) is 0.999. The molecule has 0 aromatic heterocycles. The van der Waals surface area contributed by atoms with Crippen molar-refractivity contribution in [3.63, 3.8) is 0 Å². The molecule has 1 aromatic rings. The summed E-state index contributed by atoms with van der Waals surface area (Å²) in [5.41, 5.74) is 0.915. The highest BCUT2D eigenvalue weighted by molar-refractivity contribution is 14.1. The van der Waals surface area contributed by atoms with E-state index in [1.807, 2.05) is 30.3 Å². The molecule has 0 amide bonds. The second-order valence-electron chi connectivity index (χ2n) is 2.79. The Morgan fingerprint density at radius 3 is 2.21 bits per heavy atom. The van der Waals surface area contributed by atoms with Gasteiger partial charge in [-0.3, -0.25) is 0 Å². The van der Waals surface area contributed by atoms with Crippen LogP contribution in [0.25, 0.3) is 0 Å². The van der Waals surface area contributed by atoms with Crippen LogP contribution >= 0.6 is 22.9 Å². The van der Waals surface area contributed by atoms with E-state index in [1.165, 1.54) is 22.9 Å². The Morgan fingerprint density at radius 1 is 1.14 bits per heavy atom. The van der Waals surface area contributed by atoms with Gasteiger partial charge in [0.05, 0.1) is 0 Å². The van der Waals surface area contributed by atoms with E-state index >= 15 is 0 Å². The zero-order valence-electron chi connectivity index (χ0n) is 7.26. The number of rotatable bonds is 3. The third kappa shape index (κ3) is 3.83. The highest BCUT2D eigenvalue weighted by Gasteiger charge is 2.34. The Labute approximate surface area is 94.4 Å². The van der Waals surface area contributed by atoms with Gasteiger partial charge in [0.1, 0.15) is 0 Å². The van der Waals surface area contributed by atoms with Crippen LogP contribution in [0.4, 0.5) is 13.2 Å². The molecular weight excluding hydrogens is 306 g/mol. The summed E-state index contributed by atoms with van der Waals surface area (Å²) in [4.78, 5) is 0. The van der Waals surface area contributed by atoms with Gasteiger partial charge in [0, 0.05) is 29.4 Å². The van der Waals surface area contributed by atoms with Crippen molar-refractivity contribution < 1.29 is 13.2 Å². The monoisotopic (exact) mass is 315 g/mol. The van der Waals surface area contributed by atoms with Crippen molar-refractivity contribution in [2.45, 2.75) is 12.7 Å². The number of halogens is 4. The molecule has 0 aliphatic heterocycles. The number of nitrogens with zero attached hydrogens (tertiary/aromatic N) is 1. The molecule has 0 aliphatic rings. The van der Waals surface area contributed by atoms with Crippen molar-refractivity contribution in [2.75, 3.05) is 6.54 Å². The van der Waals surface area contributed by atoms with Gasteiger partial charge in [0.15, 0.2) is 0 Å². The maximum Gasteiger partial charge on any atom is 0.468 e. The quantitative estimate of drug-likeness (QED) is 0.469. The first-order valence-corrected chi connectivity index (χ1v) is 5.00. The standard InChI is InChI=1S/C9H9F3IN/c10-9(11,12)14(13)7-6-8-4-2-1-3-5-8/h1-5H,6-7H2. The molecule has 0 fully saturated rings. The average molecular weight is 315 g/mol. The first kappa shape index (κ1) is 11.8. The molecule has 0 spiro atoms. The van der Waals surface area contributed by atoms with Crippen LogP contribution in [0.2, 0.25) is 0 Å². The molecule has 0 saturated carbocycles. The van der Waals surface area contributed by atoms with Gasteiger partial charge in [0.25, 0.3) is 0 Å². The van der Waals surface area contributed by atoms with E-state index in [0.717, 1.165) is 5.56 Å². The fourth-order valence-corrected chi connectivity index (χ4v) is 1.24. The lowest BCUT2D eigenvalue weighted by Crippen LogP contribution is -2.30.